The molecule has 4 nitrogen and oxygen atoms in total. The van der Waals surface area contributed by atoms with Gasteiger partial charge in [-0.25, -0.2) is 4.79 Å². The second-order valence-electron chi connectivity index (χ2n) is 2.68. The number of hydrogen-bond donors (Lipinski definition) is 1. The number of amides is 1. The van der Waals surface area contributed by atoms with E-state index in [0.717, 1.165) is 10.4 Å². The molecule has 2 N–H and O–H groups in total. The summed E-state index contributed by atoms with van der Waals surface area (Å²) in [6.07, 6.45) is 1.57. The molecule has 0 fully saturated rings. The highest BCUT2D eigenvalue weighted by atomic mass is 16.2. The van der Waals surface area contributed by atoms with Gasteiger partial charge in [-0.3, -0.25) is 0 Å². The summed E-state index contributed by atoms with van der Waals surface area (Å²) in [6, 6.07) is 1.24. The Morgan fingerprint density at radius 1 is 1.73 bits per heavy atom. The number of rotatable bonds is 1. The second-order valence-corrected chi connectivity index (χ2v) is 2.68. The molecular weight excluding hydrogens is 142 g/mol. The summed E-state index contributed by atoms with van der Waals surface area (Å²) < 4.78 is 1.13. The Hall–Kier alpha value is -1.32. The standard InChI is InChI=1S/C7H11N3O/c1-5(2)6-3-4-10(9-6)7(8)11/h3-5H,1-2H3,(H2,8,11). The van der Waals surface area contributed by atoms with Crippen LogP contribution >= 0.6 is 0 Å². The lowest BCUT2D eigenvalue weighted by atomic mass is 10.1. The molecule has 4 heteroatoms. The molecule has 0 radical (unpaired) electrons. The quantitative estimate of drug-likeness (QED) is 0.652. The Balaban J connectivity index is 2.90. The largest absolute Gasteiger partial charge is 0.350 e. The first kappa shape index (κ1) is 7.78. The third-order valence-electron chi connectivity index (χ3n) is 1.43. The molecule has 1 aromatic rings. The highest BCUT2D eigenvalue weighted by Crippen LogP contribution is 2.09. The molecule has 1 aromatic heterocycles. The van der Waals surface area contributed by atoms with Crippen LogP contribution in [0.5, 0.6) is 0 Å². The van der Waals surface area contributed by atoms with Gasteiger partial charge < -0.3 is 5.73 Å². The average Bonchev–Trinajstić information content (AvgIpc) is 2.33. The maximum absolute atomic E-state index is 10.6. The monoisotopic (exact) mass is 153 g/mol. The van der Waals surface area contributed by atoms with Crippen molar-refractivity contribution in [3.8, 4) is 0 Å². The highest BCUT2D eigenvalue weighted by Gasteiger charge is 2.04. The van der Waals surface area contributed by atoms with E-state index in [-0.39, 0.29) is 0 Å². The van der Waals surface area contributed by atoms with Crippen LogP contribution < -0.4 is 5.73 Å². The van der Waals surface area contributed by atoms with E-state index in [4.69, 9.17) is 5.73 Å². The van der Waals surface area contributed by atoms with Crippen LogP contribution in [0, 0.1) is 0 Å². The zero-order valence-electron chi connectivity index (χ0n) is 6.61. The molecule has 1 amide bonds. The van der Waals surface area contributed by atoms with E-state index in [1.165, 1.54) is 0 Å². The summed E-state index contributed by atoms with van der Waals surface area (Å²) in [5, 5.41) is 3.95. The second kappa shape index (κ2) is 2.74. The lowest BCUT2D eigenvalue weighted by molar-refractivity contribution is 0.247. The first-order valence-corrected chi connectivity index (χ1v) is 3.46. The summed E-state index contributed by atoms with van der Waals surface area (Å²) in [6.45, 7) is 4.02. The third-order valence-corrected chi connectivity index (χ3v) is 1.43. The lowest BCUT2D eigenvalue weighted by Crippen LogP contribution is -2.20. The van der Waals surface area contributed by atoms with Crippen LogP contribution in [0.4, 0.5) is 4.79 Å². The summed E-state index contributed by atoms with van der Waals surface area (Å²) in [5.74, 6) is 0.329. The maximum atomic E-state index is 10.6. The van der Waals surface area contributed by atoms with Crippen LogP contribution in [0.1, 0.15) is 25.5 Å². The van der Waals surface area contributed by atoms with Gasteiger partial charge in [0.15, 0.2) is 0 Å². The number of nitrogens with two attached hydrogens (primary N) is 1. The van der Waals surface area contributed by atoms with E-state index in [1.807, 2.05) is 13.8 Å². The SMILES string of the molecule is CC(C)c1ccn(C(N)=O)n1. The van der Waals surface area contributed by atoms with Crippen molar-refractivity contribution in [2.45, 2.75) is 19.8 Å². The fraction of sp³-hybridized carbons (Fsp3) is 0.429. The first-order valence-electron chi connectivity index (χ1n) is 3.46. The Kier molecular flexibility index (Phi) is 1.94. The van der Waals surface area contributed by atoms with E-state index in [9.17, 15) is 4.79 Å². The van der Waals surface area contributed by atoms with Crippen molar-refractivity contribution in [2.75, 3.05) is 0 Å². The van der Waals surface area contributed by atoms with Crippen molar-refractivity contribution in [3.63, 3.8) is 0 Å². The Morgan fingerprint density at radius 2 is 2.36 bits per heavy atom. The fourth-order valence-electron chi connectivity index (χ4n) is 0.769. The number of nitrogens with zero attached hydrogens (tertiary/aromatic N) is 2. The van der Waals surface area contributed by atoms with Crippen molar-refractivity contribution in [1.29, 1.82) is 0 Å². The van der Waals surface area contributed by atoms with Gasteiger partial charge in [-0.15, -0.1) is 0 Å². The molecule has 0 aromatic carbocycles. The normalized spacial score (nSPS) is 10.5. The predicted molar refractivity (Wildman–Crippen MR) is 41.3 cm³/mol. The van der Waals surface area contributed by atoms with Gasteiger partial charge in [0.05, 0.1) is 5.69 Å². The minimum atomic E-state index is -0.545. The minimum absolute atomic E-state index is 0.329. The molecule has 0 aliphatic carbocycles. The van der Waals surface area contributed by atoms with E-state index in [0.29, 0.717) is 5.92 Å². The number of carbonyl (C=O) groups excluding carboxylic acids is 1. The van der Waals surface area contributed by atoms with Crippen LogP contribution in [0.3, 0.4) is 0 Å². The molecule has 1 heterocycles. The van der Waals surface area contributed by atoms with E-state index in [2.05, 4.69) is 5.10 Å². The number of aromatic nitrogens is 2. The maximum Gasteiger partial charge on any atom is 0.339 e. The predicted octanol–water partition coefficient (Wildman–Crippen LogP) is 0.933. The minimum Gasteiger partial charge on any atom is -0.350 e. The van der Waals surface area contributed by atoms with Gasteiger partial charge in [-0.05, 0) is 12.0 Å². The van der Waals surface area contributed by atoms with E-state index < -0.39 is 6.03 Å². The third kappa shape index (κ3) is 1.58. The summed E-state index contributed by atoms with van der Waals surface area (Å²) in [5.41, 5.74) is 5.87. The molecule has 0 aliphatic heterocycles. The molecule has 60 valence electrons. The molecule has 0 saturated carbocycles. The molecule has 0 unspecified atom stereocenters. The van der Waals surface area contributed by atoms with Crippen LogP contribution in [-0.2, 0) is 0 Å². The summed E-state index contributed by atoms with van der Waals surface area (Å²) >= 11 is 0. The first-order chi connectivity index (χ1) is 5.11. The Bertz CT molecular complexity index is 264. The van der Waals surface area contributed by atoms with Gasteiger partial charge in [0.25, 0.3) is 0 Å². The molecule has 0 bridgehead atoms. The van der Waals surface area contributed by atoms with Crippen molar-refractivity contribution < 1.29 is 4.79 Å². The Morgan fingerprint density at radius 3 is 2.64 bits per heavy atom. The molecule has 0 atom stereocenters. The van der Waals surface area contributed by atoms with Crippen molar-refractivity contribution in [1.82, 2.24) is 9.78 Å². The highest BCUT2D eigenvalue weighted by molar-refractivity contribution is 5.73. The zero-order valence-corrected chi connectivity index (χ0v) is 6.61. The van der Waals surface area contributed by atoms with Crippen molar-refractivity contribution in [2.24, 2.45) is 5.73 Å². The van der Waals surface area contributed by atoms with Gasteiger partial charge in [0.2, 0.25) is 0 Å². The van der Waals surface area contributed by atoms with Gasteiger partial charge in [-0.1, -0.05) is 13.8 Å². The number of carbonyl (C=O) groups is 1. The van der Waals surface area contributed by atoms with Crippen LogP contribution in [0.2, 0.25) is 0 Å². The van der Waals surface area contributed by atoms with E-state index in [1.54, 1.807) is 12.3 Å². The molecule has 11 heavy (non-hydrogen) atoms. The number of hydrogen-bond acceptors (Lipinski definition) is 2. The zero-order chi connectivity index (χ0) is 8.43. The van der Waals surface area contributed by atoms with Crippen LogP contribution in [0.25, 0.3) is 0 Å². The molecule has 0 aliphatic rings. The van der Waals surface area contributed by atoms with Crippen LogP contribution in [0.15, 0.2) is 12.3 Å². The molecular formula is C7H11N3O. The Labute approximate surface area is 65.0 Å². The fourth-order valence-corrected chi connectivity index (χ4v) is 0.769. The van der Waals surface area contributed by atoms with Crippen LogP contribution in [-0.4, -0.2) is 15.8 Å². The molecule has 1 rings (SSSR count). The van der Waals surface area contributed by atoms with E-state index >= 15 is 0 Å². The summed E-state index contributed by atoms with van der Waals surface area (Å²) in [7, 11) is 0. The topological polar surface area (TPSA) is 60.9 Å². The lowest BCUT2D eigenvalue weighted by Gasteiger charge is -1.96. The van der Waals surface area contributed by atoms with Crippen molar-refractivity contribution in [3.05, 3.63) is 18.0 Å². The number of primary amides is 1. The average molecular weight is 153 g/mol. The molecule has 0 saturated heterocycles. The molecule has 0 spiro atoms. The van der Waals surface area contributed by atoms with Crippen molar-refractivity contribution >= 4 is 6.03 Å². The van der Waals surface area contributed by atoms with Gasteiger partial charge in [-0.2, -0.15) is 9.78 Å². The van der Waals surface area contributed by atoms with Gasteiger partial charge in [0.1, 0.15) is 0 Å². The van der Waals surface area contributed by atoms with Gasteiger partial charge in [0, 0.05) is 6.20 Å². The smallest absolute Gasteiger partial charge is 0.339 e. The summed E-state index contributed by atoms with van der Waals surface area (Å²) in [4.78, 5) is 10.6. The van der Waals surface area contributed by atoms with Gasteiger partial charge >= 0.3 is 6.03 Å².